The van der Waals surface area contributed by atoms with Crippen molar-refractivity contribution in [3.63, 3.8) is 0 Å². The lowest BCUT2D eigenvalue weighted by atomic mass is 9.73. The van der Waals surface area contributed by atoms with Crippen molar-refractivity contribution in [2.24, 2.45) is 10.4 Å². The van der Waals surface area contributed by atoms with E-state index in [-0.39, 0.29) is 18.7 Å². The van der Waals surface area contributed by atoms with Gasteiger partial charge in [-0.2, -0.15) is 0 Å². The molecule has 1 aliphatic rings. The quantitative estimate of drug-likeness (QED) is 0.679. The highest BCUT2D eigenvalue weighted by atomic mass is 16.5. The van der Waals surface area contributed by atoms with E-state index in [9.17, 15) is 14.7 Å². The number of carbonyl (C=O) groups excluding carboxylic acids is 2. The summed E-state index contributed by atoms with van der Waals surface area (Å²) < 4.78 is 4.92. The van der Waals surface area contributed by atoms with Crippen molar-refractivity contribution in [2.75, 3.05) is 6.61 Å². The summed E-state index contributed by atoms with van der Waals surface area (Å²) in [6, 6.07) is 0. The molecule has 0 fully saturated rings. The second-order valence-corrected chi connectivity index (χ2v) is 4.38. The molecule has 0 saturated carbocycles. The van der Waals surface area contributed by atoms with Crippen LogP contribution in [0.1, 0.15) is 40.5 Å². The number of carbonyl (C=O) groups is 2. The lowest BCUT2D eigenvalue weighted by Gasteiger charge is -2.30. The minimum atomic E-state index is -1.14. The number of ether oxygens (including phenoxy) is 1. The van der Waals surface area contributed by atoms with Gasteiger partial charge in [0.25, 0.3) is 0 Å². The fraction of sp³-hybridized carbons (Fsp3) is 0.615. The first-order valence-corrected chi connectivity index (χ1v) is 6.03. The number of rotatable bonds is 5. The Kier molecular flexibility index (Phi) is 4.27. The Morgan fingerprint density at radius 3 is 2.39 bits per heavy atom. The number of aliphatic carboxylic acids is 1. The fourth-order valence-electron chi connectivity index (χ4n) is 2.41. The fourth-order valence-corrected chi connectivity index (χ4v) is 2.41. The molecule has 1 rings (SSSR count). The highest BCUT2D eigenvalue weighted by molar-refractivity contribution is 6.04. The Hall–Kier alpha value is -1.65. The lowest BCUT2D eigenvalue weighted by molar-refractivity contribution is -0.307. The number of allylic oxidation sites excluding steroid dienone is 1. The van der Waals surface area contributed by atoms with E-state index in [1.807, 2.05) is 6.92 Å². The topological polar surface area (TPSA) is 78.8 Å². The van der Waals surface area contributed by atoms with Crippen LogP contribution in [-0.4, -0.2) is 24.3 Å². The summed E-state index contributed by atoms with van der Waals surface area (Å²) in [5, 5.41) is 10.9. The number of hydrogen-bond donors (Lipinski definition) is 0. The molecule has 5 heteroatoms. The van der Waals surface area contributed by atoms with Gasteiger partial charge in [0.1, 0.15) is 5.70 Å². The van der Waals surface area contributed by atoms with Crippen molar-refractivity contribution in [3.8, 4) is 0 Å². The Morgan fingerprint density at radius 1 is 1.33 bits per heavy atom. The van der Waals surface area contributed by atoms with Gasteiger partial charge < -0.3 is 14.6 Å². The van der Waals surface area contributed by atoms with E-state index in [1.165, 1.54) is 0 Å². The van der Waals surface area contributed by atoms with Crippen LogP contribution in [0.25, 0.3) is 0 Å². The SMILES string of the molecule is CCOC(=O)C1=C(C)C(CC)(CC(=O)[O-])C(C)=N1. The first kappa shape index (κ1) is 14.4. The number of carboxylic acid groups (broad SMARTS) is 1. The number of hydrogen-bond acceptors (Lipinski definition) is 5. The predicted octanol–water partition coefficient (Wildman–Crippen LogP) is 0.834. The zero-order valence-electron chi connectivity index (χ0n) is 11.2. The minimum Gasteiger partial charge on any atom is -0.550 e. The average Bonchev–Trinajstić information content (AvgIpc) is 2.54. The normalized spacial score (nSPS) is 23.0. The maximum atomic E-state index is 11.7. The van der Waals surface area contributed by atoms with Crippen LogP contribution in [0, 0.1) is 5.41 Å². The summed E-state index contributed by atoms with van der Waals surface area (Å²) >= 11 is 0. The number of aliphatic imine (C=N–C) groups is 1. The van der Waals surface area contributed by atoms with E-state index in [0.29, 0.717) is 17.7 Å². The van der Waals surface area contributed by atoms with Crippen LogP contribution in [-0.2, 0) is 14.3 Å². The second kappa shape index (κ2) is 5.33. The van der Waals surface area contributed by atoms with Gasteiger partial charge in [0.05, 0.1) is 6.61 Å². The summed E-state index contributed by atoms with van der Waals surface area (Å²) in [4.78, 5) is 26.8. The zero-order chi connectivity index (χ0) is 13.9. The van der Waals surface area contributed by atoms with Crippen LogP contribution in [0.15, 0.2) is 16.3 Å². The Balaban J connectivity index is 3.19. The molecule has 0 aromatic heterocycles. The van der Waals surface area contributed by atoms with Crippen LogP contribution in [0.5, 0.6) is 0 Å². The van der Waals surface area contributed by atoms with Gasteiger partial charge >= 0.3 is 5.97 Å². The average molecular weight is 252 g/mol. The summed E-state index contributed by atoms with van der Waals surface area (Å²) in [5.41, 5.74) is 0.818. The molecule has 0 aliphatic carbocycles. The first-order valence-electron chi connectivity index (χ1n) is 6.03. The Bertz CT molecular complexity index is 436. The van der Waals surface area contributed by atoms with Gasteiger partial charge in [-0.1, -0.05) is 6.92 Å². The first-order chi connectivity index (χ1) is 8.39. The zero-order valence-corrected chi connectivity index (χ0v) is 11.2. The van der Waals surface area contributed by atoms with Gasteiger partial charge in [-0.3, -0.25) is 0 Å². The Morgan fingerprint density at radius 2 is 1.94 bits per heavy atom. The summed E-state index contributed by atoms with van der Waals surface area (Å²) in [6.07, 6.45) is 0.401. The standard InChI is InChI=1S/C13H19NO4/c1-5-13(7-10(15)16)8(3)11(14-9(13)4)12(17)18-6-2/h5-7H2,1-4H3,(H,15,16)/p-1. The van der Waals surface area contributed by atoms with Crippen LogP contribution in [0.2, 0.25) is 0 Å². The molecule has 5 nitrogen and oxygen atoms in total. The number of carboxylic acids is 1. The van der Waals surface area contributed by atoms with Crippen LogP contribution in [0.3, 0.4) is 0 Å². The van der Waals surface area contributed by atoms with Crippen molar-refractivity contribution in [1.29, 1.82) is 0 Å². The van der Waals surface area contributed by atoms with Gasteiger partial charge in [0.2, 0.25) is 0 Å². The van der Waals surface area contributed by atoms with Gasteiger partial charge in [0.15, 0.2) is 0 Å². The summed E-state index contributed by atoms with van der Waals surface area (Å²) in [6.45, 7) is 7.33. The van der Waals surface area contributed by atoms with E-state index in [2.05, 4.69) is 4.99 Å². The monoisotopic (exact) mass is 252 g/mol. The molecular formula is C13H18NO4-. The predicted molar refractivity (Wildman–Crippen MR) is 64.8 cm³/mol. The molecule has 0 bridgehead atoms. The molecule has 18 heavy (non-hydrogen) atoms. The molecule has 0 N–H and O–H groups in total. The largest absolute Gasteiger partial charge is 0.550 e. The van der Waals surface area contributed by atoms with E-state index in [1.54, 1.807) is 20.8 Å². The van der Waals surface area contributed by atoms with E-state index in [0.717, 1.165) is 0 Å². The molecule has 1 aliphatic heterocycles. The number of esters is 1. The molecule has 0 amide bonds. The van der Waals surface area contributed by atoms with Gasteiger partial charge in [-0.15, -0.1) is 0 Å². The maximum Gasteiger partial charge on any atom is 0.356 e. The van der Waals surface area contributed by atoms with Crippen molar-refractivity contribution in [2.45, 2.75) is 40.5 Å². The maximum absolute atomic E-state index is 11.7. The van der Waals surface area contributed by atoms with Crippen LogP contribution >= 0.6 is 0 Å². The molecule has 0 radical (unpaired) electrons. The van der Waals surface area contributed by atoms with Crippen molar-refractivity contribution >= 4 is 17.7 Å². The van der Waals surface area contributed by atoms with Crippen LogP contribution < -0.4 is 5.11 Å². The molecular weight excluding hydrogens is 234 g/mol. The lowest BCUT2D eigenvalue weighted by Crippen LogP contribution is -2.36. The van der Waals surface area contributed by atoms with Crippen molar-refractivity contribution in [3.05, 3.63) is 11.3 Å². The van der Waals surface area contributed by atoms with Crippen molar-refractivity contribution in [1.82, 2.24) is 0 Å². The van der Waals surface area contributed by atoms with Gasteiger partial charge in [-0.05, 0) is 32.8 Å². The third kappa shape index (κ3) is 2.30. The molecule has 1 unspecified atom stereocenters. The van der Waals surface area contributed by atoms with Crippen molar-refractivity contribution < 1.29 is 19.4 Å². The molecule has 0 aromatic carbocycles. The molecule has 0 aromatic rings. The van der Waals surface area contributed by atoms with E-state index < -0.39 is 17.4 Å². The van der Waals surface area contributed by atoms with Gasteiger partial charge in [0, 0.05) is 23.5 Å². The molecule has 0 saturated heterocycles. The van der Waals surface area contributed by atoms with E-state index >= 15 is 0 Å². The third-order valence-electron chi connectivity index (χ3n) is 3.56. The molecule has 1 heterocycles. The summed E-state index contributed by atoms with van der Waals surface area (Å²) in [5.74, 6) is -1.64. The number of nitrogens with zero attached hydrogens (tertiary/aromatic N) is 1. The van der Waals surface area contributed by atoms with E-state index in [4.69, 9.17) is 4.74 Å². The Labute approximate surface area is 107 Å². The highest BCUT2D eigenvalue weighted by Gasteiger charge is 2.41. The third-order valence-corrected chi connectivity index (χ3v) is 3.56. The van der Waals surface area contributed by atoms with Crippen LogP contribution in [0.4, 0.5) is 0 Å². The molecule has 100 valence electrons. The van der Waals surface area contributed by atoms with Gasteiger partial charge in [-0.25, -0.2) is 9.79 Å². The minimum absolute atomic E-state index is 0.159. The highest BCUT2D eigenvalue weighted by Crippen LogP contribution is 2.43. The smallest absolute Gasteiger partial charge is 0.356 e. The second-order valence-electron chi connectivity index (χ2n) is 4.38. The summed E-state index contributed by atoms with van der Waals surface area (Å²) in [7, 11) is 0. The molecule has 1 atom stereocenters. The molecule has 0 spiro atoms.